The van der Waals surface area contributed by atoms with Crippen molar-refractivity contribution in [3.05, 3.63) is 34.4 Å². The molecule has 0 aliphatic carbocycles. The van der Waals surface area contributed by atoms with Gasteiger partial charge in [0.2, 0.25) is 0 Å². The lowest BCUT2D eigenvalue weighted by Crippen LogP contribution is -2.37. The molecule has 0 unspecified atom stereocenters. The molecule has 0 aromatic heterocycles. The van der Waals surface area contributed by atoms with Crippen LogP contribution in [0.15, 0.2) is 12.1 Å². The van der Waals surface area contributed by atoms with E-state index in [-0.39, 0.29) is 5.41 Å². The van der Waals surface area contributed by atoms with Gasteiger partial charge in [-0.05, 0) is 53.9 Å². The average Bonchev–Trinajstić information content (AvgIpc) is 2.34. The van der Waals surface area contributed by atoms with Crippen molar-refractivity contribution >= 4 is 22.6 Å². The smallest absolute Gasteiger partial charge is 0.170 e. The summed E-state index contributed by atoms with van der Waals surface area (Å²) in [6, 6.07) is 3.57. The SMILES string of the molecule is CC(C)Cc1cc(C(C)(C)C(F)(F)F)cc(C(C)(C)C)c1CI. The summed E-state index contributed by atoms with van der Waals surface area (Å²) in [5.41, 5.74) is 1.66. The number of hydrogen-bond acceptors (Lipinski definition) is 0. The number of rotatable bonds is 4. The molecule has 1 aromatic carbocycles. The molecule has 0 saturated carbocycles. The summed E-state index contributed by atoms with van der Waals surface area (Å²) >= 11 is 2.32. The normalized spacial score (nSPS) is 13.7. The fourth-order valence-electron chi connectivity index (χ4n) is 2.71. The molecule has 0 aliphatic rings. The fourth-order valence-corrected chi connectivity index (χ4v) is 3.61. The molecule has 0 bridgehead atoms. The first-order chi connectivity index (χ1) is 10.2. The summed E-state index contributed by atoms with van der Waals surface area (Å²) in [4.78, 5) is 0. The van der Waals surface area contributed by atoms with Crippen LogP contribution in [0.5, 0.6) is 0 Å². The maximum atomic E-state index is 13.5. The number of halogens is 4. The molecule has 1 rings (SSSR count). The highest BCUT2D eigenvalue weighted by molar-refractivity contribution is 14.1. The Bertz CT molecular complexity index is 549. The van der Waals surface area contributed by atoms with E-state index in [0.717, 1.165) is 22.0 Å². The Morgan fingerprint density at radius 2 is 1.52 bits per heavy atom. The zero-order chi connectivity index (χ0) is 18.2. The second-order valence-electron chi connectivity index (χ2n) is 8.27. The minimum atomic E-state index is -4.26. The van der Waals surface area contributed by atoms with Crippen LogP contribution in [0.4, 0.5) is 13.2 Å². The second kappa shape index (κ2) is 6.93. The molecule has 0 amide bonds. The highest BCUT2D eigenvalue weighted by atomic mass is 127. The van der Waals surface area contributed by atoms with Crippen molar-refractivity contribution in [2.75, 3.05) is 0 Å². The Kier molecular flexibility index (Phi) is 6.26. The van der Waals surface area contributed by atoms with Gasteiger partial charge in [-0.1, -0.05) is 69.3 Å². The molecule has 0 aliphatic heterocycles. The average molecular weight is 440 g/mol. The first-order valence-corrected chi connectivity index (χ1v) is 9.53. The molecule has 0 nitrogen and oxygen atoms in total. The Labute approximate surface area is 152 Å². The summed E-state index contributed by atoms with van der Waals surface area (Å²) in [7, 11) is 0. The topological polar surface area (TPSA) is 0 Å². The lowest BCUT2D eigenvalue weighted by Gasteiger charge is -2.33. The Morgan fingerprint density at radius 1 is 1.00 bits per heavy atom. The lowest BCUT2D eigenvalue weighted by molar-refractivity contribution is -0.180. The van der Waals surface area contributed by atoms with E-state index in [1.165, 1.54) is 19.4 Å². The van der Waals surface area contributed by atoms with Crippen LogP contribution in [-0.4, -0.2) is 6.18 Å². The largest absolute Gasteiger partial charge is 0.397 e. The zero-order valence-electron chi connectivity index (χ0n) is 15.2. The third-order valence-corrected chi connectivity index (χ3v) is 5.11. The van der Waals surface area contributed by atoms with Crippen molar-refractivity contribution in [3.63, 3.8) is 0 Å². The molecule has 0 radical (unpaired) electrons. The molecule has 0 fully saturated rings. The summed E-state index contributed by atoms with van der Waals surface area (Å²) < 4.78 is 41.4. The van der Waals surface area contributed by atoms with Crippen LogP contribution >= 0.6 is 22.6 Å². The van der Waals surface area contributed by atoms with Gasteiger partial charge in [-0.2, -0.15) is 13.2 Å². The van der Waals surface area contributed by atoms with E-state index in [4.69, 9.17) is 0 Å². The molecule has 0 heterocycles. The highest BCUT2D eigenvalue weighted by Crippen LogP contribution is 2.43. The van der Waals surface area contributed by atoms with E-state index in [1.807, 2.05) is 0 Å². The van der Waals surface area contributed by atoms with Crippen LogP contribution in [-0.2, 0) is 21.7 Å². The molecule has 4 heteroatoms. The molecular weight excluding hydrogens is 412 g/mol. The van der Waals surface area contributed by atoms with Gasteiger partial charge in [-0.25, -0.2) is 0 Å². The maximum absolute atomic E-state index is 13.5. The minimum absolute atomic E-state index is 0.177. The van der Waals surface area contributed by atoms with Crippen molar-refractivity contribution in [2.24, 2.45) is 5.92 Å². The van der Waals surface area contributed by atoms with Gasteiger partial charge in [0, 0.05) is 4.43 Å². The zero-order valence-corrected chi connectivity index (χ0v) is 17.3. The summed E-state index contributed by atoms with van der Waals surface area (Å²) in [6.07, 6.45) is -3.45. The Morgan fingerprint density at radius 3 is 1.87 bits per heavy atom. The van der Waals surface area contributed by atoms with Crippen molar-refractivity contribution in [1.82, 2.24) is 0 Å². The van der Waals surface area contributed by atoms with Crippen LogP contribution < -0.4 is 0 Å². The van der Waals surface area contributed by atoms with Gasteiger partial charge in [-0.15, -0.1) is 0 Å². The van der Waals surface area contributed by atoms with Gasteiger partial charge in [0.25, 0.3) is 0 Å². The molecule has 0 saturated heterocycles. The van der Waals surface area contributed by atoms with E-state index in [2.05, 4.69) is 57.2 Å². The van der Waals surface area contributed by atoms with Crippen LogP contribution in [0.3, 0.4) is 0 Å². The number of benzene rings is 1. The van der Waals surface area contributed by atoms with Crippen molar-refractivity contribution in [3.8, 4) is 0 Å². The lowest BCUT2D eigenvalue weighted by atomic mass is 9.75. The van der Waals surface area contributed by atoms with Crippen molar-refractivity contribution < 1.29 is 13.2 Å². The number of alkyl halides is 4. The van der Waals surface area contributed by atoms with Crippen molar-refractivity contribution in [1.29, 1.82) is 0 Å². The Balaban J connectivity index is 3.69. The van der Waals surface area contributed by atoms with Gasteiger partial charge >= 0.3 is 6.18 Å². The molecule has 132 valence electrons. The van der Waals surface area contributed by atoms with E-state index >= 15 is 0 Å². The molecule has 0 atom stereocenters. The van der Waals surface area contributed by atoms with E-state index < -0.39 is 11.6 Å². The van der Waals surface area contributed by atoms with Gasteiger partial charge in [0.05, 0.1) is 5.41 Å². The second-order valence-corrected chi connectivity index (χ2v) is 9.03. The van der Waals surface area contributed by atoms with E-state index in [1.54, 1.807) is 12.1 Å². The third-order valence-electron chi connectivity index (χ3n) is 4.34. The first-order valence-electron chi connectivity index (χ1n) is 8.01. The summed E-state index contributed by atoms with van der Waals surface area (Å²) in [5.74, 6) is 0.411. The Hall–Kier alpha value is -0.260. The van der Waals surface area contributed by atoms with E-state index in [0.29, 0.717) is 11.5 Å². The molecule has 23 heavy (non-hydrogen) atoms. The monoisotopic (exact) mass is 440 g/mol. The molecule has 0 N–H and O–H groups in total. The predicted molar refractivity (Wildman–Crippen MR) is 100 cm³/mol. The maximum Gasteiger partial charge on any atom is 0.397 e. The molecule has 0 spiro atoms. The third kappa shape index (κ3) is 4.64. The minimum Gasteiger partial charge on any atom is -0.170 e. The quantitative estimate of drug-likeness (QED) is 0.351. The van der Waals surface area contributed by atoms with Gasteiger partial charge in [-0.3, -0.25) is 0 Å². The predicted octanol–water partition coefficient (Wildman–Crippen LogP) is 6.96. The van der Waals surface area contributed by atoms with Crippen molar-refractivity contribution in [2.45, 2.75) is 76.3 Å². The van der Waals surface area contributed by atoms with Crippen LogP contribution in [0.25, 0.3) is 0 Å². The van der Waals surface area contributed by atoms with Gasteiger partial charge in [0.15, 0.2) is 0 Å². The number of hydrogen-bond donors (Lipinski definition) is 0. The first kappa shape index (κ1) is 20.8. The van der Waals surface area contributed by atoms with Crippen LogP contribution in [0, 0.1) is 5.92 Å². The van der Waals surface area contributed by atoms with Crippen LogP contribution in [0.1, 0.15) is 70.7 Å². The summed E-state index contributed by atoms with van der Waals surface area (Å²) in [5, 5.41) is 0. The summed E-state index contributed by atoms with van der Waals surface area (Å²) in [6.45, 7) is 13.0. The molecular formula is C19H28F3I. The standard InChI is InChI=1S/C19H28F3I/c1-12(2)8-13-9-14(18(6,7)19(20,21)22)10-16(15(13)11-23)17(3,4)5/h9-10,12H,8,11H2,1-7H3. The van der Waals surface area contributed by atoms with Gasteiger partial charge < -0.3 is 0 Å². The van der Waals surface area contributed by atoms with Crippen LogP contribution in [0.2, 0.25) is 0 Å². The fraction of sp³-hybridized carbons (Fsp3) is 0.684. The highest BCUT2D eigenvalue weighted by Gasteiger charge is 2.49. The molecule has 1 aromatic rings. The van der Waals surface area contributed by atoms with E-state index in [9.17, 15) is 13.2 Å². The van der Waals surface area contributed by atoms with Gasteiger partial charge in [0.1, 0.15) is 0 Å².